The van der Waals surface area contributed by atoms with Crippen LogP contribution in [0, 0.1) is 11.6 Å². The summed E-state index contributed by atoms with van der Waals surface area (Å²) in [6.45, 7) is 8.80. The number of alkyl halides is 3. The van der Waals surface area contributed by atoms with Gasteiger partial charge in [-0.05, 0) is 46.1 Å². The van der Waals surface area contributed by atoms with Crippen molar-refractivity contribution in [2.45, 2.75) is 64.8 Å². The van der Waals surface area contributed by atoms with Crippen LogP contribution in [0.25, 0.3) is 31.9 Å². The van der Waals surface area contributed by atoms with Crippen LogP contribution < -0.4 is 8.92 Å². The molecule has 4 heterocycles. The van der Waals surface area contributed by atoms with Gasteiger partial charge < -0.3 is 18.6 Å². The highest BCUT2D eigenvalue weighted by Gasteiger charge is 2.49. The van der Waals surface area contributed by atoms with Gasteiger partial charge in [-0.2, -0.15) is 21.6 Å². The summed E-state index contributed by atoms with van der Waals surface area (Å²) >= 11 is 1.97. The molecule has 0 saturated heterocycles. The van der Waals surface area contributed by atoms with Gasteiger partial charge in [0, 0.05) is 35.5 Å². The number of amides is 1. The molecule has 242 valence electrons. The van der Waals surface area contributed by atoms with E-state index < -0.39 is 50.9 Å². The molecule has 9 nitrogen and oxygen atoms in total. The normalized spacial score (nSPS) is 14.2. The van der Waals surface area contributed by atoms with Gasteiger partial charge >= 0.3 is 21.7 Å². The first-order chi connectivity index (χ1) is 20.8. The van der Waals surface area contributed by atoms with Gasteiger partial charge in [0.1, 0.15) is 33.7 Å². The number of carbonyl (C=O) groups excluding carboxylic acids is 1. The minimum absolute atomic E-state index is 0.0139. The molecule has 1 aliphatic rings. The second-order valence-electron chi connectivity index (χ2n) is 11.3. The fourth-order valence-electron chi connectivity index (χ4n) is 4.52. The number of thiazole rings is 1. The molecule has 0 bridgehead atoms. The van der Waals surface area contributed by atoms with Crippen LogP contribution in [0.2, 0.25) is 0 Å². The minimum atomic E-state index is -6.15. The fraction of sp³-hybridized carbons (Fsp3) is 0.393. The Hall–Kier alpha value is -3.57. The summed E-state index contributed by atoms with van der Waals surface area (Å²) < 4.78 is 110. The van der Waals surface area contributed by atoms with Gasteiger partial charge in [-0.15, -0.1) is 22.7 Å². The first-order valence-corrected chi connectivity index (χ1v) is 16.5. The molecule has 4 aromatic rings. The Bertz CT molecular complexity index is 1900. The van der Waals surface area contributed by atoms with Crippen molar-refractivity contribution in [2.24, 2.45) is 0 Å². The van der Waals surface area contributed by atoms with Crippen LogP contribution in [-0.4, -0.2) is 53.1 Å². The van der Waals surface area contributed by atoms with Gasteiger partial charge in [-0.1, -0.05) is 0 Å². The van der Waals surface area contributed by atoms with Crippen molar-refractivity contribution in [1.82, 2.24) is 14.9 Å². The maximum atomic E-state index is 15.7. The van der Waals surface area contributed by atoms with Crippen molar-refractivity contribution >= 4 is 49.0 Å². The lowest BCUT2D eigenvalue weighted by atomic mass is 10.0. The maximum Gasteiger partial charge on any atom is 0.534 e. The van der Waals surface area contributed by atoms with E-state index in [1.165, 1.54) is 16.3 Å². The molecular weight excluding hydrogens is 666 g/mol. The Labute approximate surface area is 262 Å². The number of rotatable bonds is 6. The molecule has 0 spiro atoms. The highest BCUT2D eigenvalue weighted by molar-refractivity contribution is 7.88. The third-order valence-electron chi connectivity index (χ3n) is 6.26. The zero-order valence-corrected chi connectivity index (χ0v) is 26.9. The first-order valence-electron chi connectivity index (χ1n) is 13.4. The molecule has 0 saturated carbocycles. The Balaban J connectivity index is 1.74. The number of carbonyl (C=O) groups is 1. The number of pyridine rings is 1. The highest BCUT2D eigenvalue weighted by Crippen LogP contribution is 2.49. The van der Waals surface area contributed by atoms with Crippen LogP contribution >= 0.6 is 22.7 Å². The Morgan fingerprint density at radius 3 is 2.44 bits per heavy atom. The van der Waals surface area contributed by atoms with Crippen LogP contribution in [0.4, 0.5) is 26.7 Å². The van der Waals surface area contributed by atoms with E-state index in [-0.39, 0.29) is 50.8 Å². The molecule has 0 fully saturated rings. The van der Waals surface area contributed by atoms with E-state index in [0.29, 0.717) is 23.1 Å². The SMILES string of the molecule is CC(C)Oc1cc(F)cc(F)c1-c1c(-c2nc3c(s2)CN(C(=O)OC(C)(C)C)CC3)nc(OS(=O)(=O)C(F)(F)F)c2ccsc12. The lowest BCUT2D eigenvalue weighted by molar-refractivity contribution is -0.0500. The van der Waals surface area contributed by atoms with Crippen LogP contribution in [0.5, 0.6) is 11.6 Å². The summed E-state index contributed by atoms with van der Waals surface area (Å²) in [4.78, 5) is 23.6. The zero-order valence-electron chi connectivity index (χ0n) is 24.4. The van der Waals surface area contributed by atoms with Crippen molar-refractivity contribution in [2.75, 3.05) is 6.54 Å². The second kappa shape index (κ2) is 11.7. The number of hydrogen-bond acceptors (Lipinski definition) is 10. The summed E-state index contributed by atoms with van der Waals surface area (Å²) in [6.07, 6.45) is -0.801. The fourth-order valence-corrected chi connectivity index (χ4v) is 7.00. The number of halogens is 5. The predicted octanol–water partition coefficient (Wildman–Crippen LogP) is 7.67. The molecule has 45 heavy (non-hydrogen) atoms. The molecule has 5 rings (SSSR count). The van der Waals surface area contributed by atoms with Crippen LogP contribution in [0.15, 0.2) is 23.6 Å². The second-order valence-corrected chi connectivity index (χ2v) is 14.8. The molecule has 3 aromatic heterocycles. The lowest BCUT2D eigenvalue weighted by Gasteiger charge is -2.29. The highest BCUT2D eigenvalue weighted by atomic mass is 32.2. The Kier molecular flexibility index (Phi) is 8.50. The lowest BCUT2D eigenvalue weighted by Crippen LogP contribution is -2.39. The summed E-state index contributed by atoms with van der Waals surface area (Å²) in [5, 5.41) is 1.34. The van der Waals surface area contributed by atoms with Crippen molar-refractivity contribution in [3.63, 3.8) is 0 Å². The van der Waals surface area contributed by atoms with Crippen molar-refractivity contribution < 1.29 is 48.8 Å². The molecule has 0 atom stereocenters. The topological polar surface area (TPSA) is 108 Å². The van der Waals surface area contributed by atoms with Crippen LogP contribution in [0.3, 0.4) is 0 Å². The number of ether oxygens (including phenoxy) is 2. The van der Waals surface area contributed by atoms with E-state index >= 15 is 4.39 Å². The van der Waals surface area contributed by atoms with Gasteiger partial charge in [-0.3, -0.25) is 0 Å². The number of nitrogens with zero attached hydrogens (tertiary/aromatic N) is 3. The molecule has 0 N–H and O–H groups in total. The van der Waals surface area contributed by atoms with E-state index in [2.05, 4.69) is 14.2 Å². The quantitative estimate of drug-likeness (QED) is 0.115. The third kappa shape index (κ3) is 6.70. The summed E-state index contributed by atoms with van der Waals surface area (Å²) in [5.74, 6) is -3.11. The number of hydrogen-bond donors (Lipinski definition) is 0. The summed E-state index contributed by atoms with van der Waals surface area (Å²) in [5.41, 5.74) is -6.44. The Morgan fingerprint density at radius 1 is 1.09 bits per heavy atom. The van der Waals surface area contributed by atoms with E-state index in [4.69, 9.17) is 9.47 Å². The first kappa shape index (κ1) is 32.8. The van der Waals surface area contributed by atoms with Gasteiger partial charge in [-0.25, -0.2) is 23.5 Å². The molecule has 1 aliphatic heterocycles. The van der Waals surface area contributed by atoms with E-state index in [9.17, 15) is 30.8 Å². The van der Waals surface area contributed by atoms with E-state index in [1.54, 1.807) is 34.6 Å². The molecule has 17 heteroatoms. The average Bonchev–Trinajstić information content (AvgIpc) is 3.54. The van der Waals surface area contributed by atoms with Gasteiger partial charge in [0.2, 0.25) is 5.88 Å². The molecule has 0 aliphatic carbocycles. The molecule has 0 unspecified atom stereocenters. The van der Waals surface area contributed by atoms with Crippen molar-refractivity contribution in [1.29, 1.82) is 0 Å². The molecule has 1 amide bonds. The van der Waals surface area contributed by atoms with Crippen molar-refractivity contribution in [3.8, 4) is 33.5 Å². The van der Waals surface area contributed by atoms with Crippen molar-refractivity contribution in [3.05, 3.63) is 45.8 Å². The maximum absolute atomic E-state index is 15.7. The summed E-state index contributed by atoms with van der Waals surface area (Å²) in [6, 6.07) is 2.86. The number of thiophene rings is 1. The zero-order chi connectivity index (χ0) is 33.1. The van der Waals surface area contributed by atoms with Gasteiger partial charge in [0.15, 0.2) is 0 Å². The van der Waals surface area contributed by atoms with E-state index in [1.807, 2.05) is 0 Å². The monoisotopic (exact) mass is 691 g/mol. The van der Waals surface area contributed by atoms with Gasteiger partial charge in [0.25, 0.3) is 0 Å². The predicted molar refractivity (Wildman–Crippen MR) is 158 cm³/mol. The summed E-state index contributed by atoms with van der Waals surface area (Å²) in [7, 11) is -6.15. The average molecular weight is 692 g/mol. The standard InChI is InChI=1S/C28H26F5N3O6S3/c1-13(2)40-18-11-14(29)10-16(30)20(18)21-22(35-24(15-7-9-43-23(15)21)42-45(38,39)28(31,32)33)25-34-17-6-8-36(12-19(17)44-25)26(37)41-27(3,4)5/h7,9-11,13H,6,8,12H2,1-5H3. The largest absolute Gasteiger partial charge is 0.534 e. The van der Waals surface area contributed by atoms with Gasteiger partial charge in [0.05, 0.1) is 34.0 Å². The Morgan fingerprint density at radius 2 is 1.80 bits per heavy atom. The van der Waals surface area contributed by atoms with Crippen LogP contribution in [-0.2, 0) is 27.8 Å². The minimum Gasteiger partial charge on any atom is -0.490 e. The number of benzene rings is 1. The smallest absolute Gasteiger partial charge is 0.490 e. The molecular formula is C28H26F5N3O6S3. The van der Waals surface area contributed by atoms with Crippen LogP contribution in [0.1, 0.15) is 45.2 Å². The number of fused-ring (bicyclic) bond motifs is 2. The third-order valence-corrected chi connectivity index (χ3v) is 9.23. The van der Waals surface area contributed by atoms with E-state index in [0.717, 1.165) is 28.7 Å². The number of aromatic nitrogens is 2. The molecule has 1 aromatic carbocycles. The molecule has 0 radical (unpaired) electrons.